The van der Waals surface area contributed by atoms with E-state index in [1.807, 2.05) is 24.3 Å². The van der Waals surface area contributed by atoms with Crippen molar-refractivity contribution in [3.8, 4) is 11.1 Å². The van der Waals surface area contributed by atoms with Crippen LogP contribution in [-0.4, -0.2) is 42.3 Å². The SMILES string of the molecule is C=CCCC(NC(=O)C1(CNC(=O)OCC2c3ccccc3-c3ccccc32)CCCC1)C(=O)O. The summed E-state index contributed by atoms with van der Waals surface area (Å²) in [5.41, 5.74) is 3.75. The lowest BCUT2D eigenvalue weighted by molar-refractivity contribution is -0.144. The molecule has 1 fully saturated rings. The largest absolute Gasteiger partial charge is 0.480 e. The second kappa shape index (κ2) is 10.8. The number of carboxylic acid groups (broad SMARTS) is 1. The fraction of sp³-hybridized carbons (Fsp3) is 0.393. The van der Waals surface area contributed by atoms with E-state index in [1.54, 1.807) is 6.08 Å². The van der Waals surface area contributed by atoms with Crippen molar-refractivity contribution < 1.29 is 24.2 Å². The molecule has 2 aliphatic carbocycles. The summed E-state index contributed by atoms with van der Waals surface area (Å²) in [5.74, 6) is -1.44. The summed E-state index contributed by atoms with van der Waals surface area (Å²) in [5, 5.41) is 14.9. The van der Waals surface area contributed by atoms with Crippen molar-refractivity contribution in [1.29, 1.82) is 0 Å². The van der Waals surface area contributed by atoms with Crippen LogP contribution in [0.3, 0.4) is 0 Å². The summed E-state index contributed by atoms with van der Waals surface area (Å²) in [7, 11) is 0. The number of nitrogens with one attached hydrogen (secondary N) is 2. The zero-order chi connectivity index (χ0) is 24.8. The number of hydrogen-bond donors (Lipinski definition) is 3. The van der Waals surface area contributed by atoms with Gasteiger partial charge in [0.2, 0.25) is 5.91 Å². The van der Waals surface area contributed by atoms with Gasteiger partial charge in [-0.25, -0.2) is 9.59 Å². The first-order chi connectivity index (χ1) is 16.9. The van der Waals surface area contributed by atoms with E-state index in [-0.39, 0.29) is 31.4 Å². The Balaban J connectivity index is 1.37. The zero-order valence-corrected chi connectivity index (χ0v) is 19.8. The van der Waals surface area contributed by atoms with Crippen molar-refractivity contribution in [1.82, 2.24) is 10.6 Å². The smallest absolute Gasteiger partial charge is 0.407 e. The Labute approximate surface area is 205 Å². The van der Waals surface area contributed by atoms with Crippen molar-refractivity contribution in [3.05, 3.63) is 72.3 Å². The average molecular weight is 477 g/mol. The predicted octanol–water partition coefficient (Wildman–Crippen LogP) is 4.62. The number of carboxylic acids is 1. The fourth-order valence-electron chi connectivity index (χ4n) is 5.28. The number of carbonyl (C=O) groups excluding carboxylic acids is 2. The Morgan fingerprint density at radius 3 is 2.23 bits per heavy atom. The molecule has 7 heteroatoms. The molecular weight excluding hydrogens is 444 g/mol. The van der Waals surface area contributed by atoms with Crippen LogP contribution in [0.2, 0.25) is 0 Å². The lowest BCUT2D eigenvalue weighted by Crippen LogP contribution is -2.51. The number of allylic oxidation sites excluding steroid dienone is 1. The molecule has 4 rings (SSSR count). The summed E-state index contributed by atoms with van der Waals surface area (Å²) in [6, 6.07) is 15.3. The molecule has 2 aromatic rings. The number of rotatable bonds is 10. The first-order valence-corrected chi connectivity index (χ1v) is 12.2. The quantitative estimate of drug-likeness (QED) is 0.434. The number of hydrogen-bond acceptors (Lipinski definition) is 4. The molecule has 184 valence electrons. The Kier molecular flexibility index (Phi) is 7.54. The molecule has 1 saturated carbocycles. The second-order valence-electron chi connectivity index (χ2n) is 9.40. The van der Waals surface area contributed by atoms with Crippen LogP contribution in [-0.2, 0) is 14.3 Å². The number of amides is 2. The van der Waals surface area contributed by atoms with E-state index in [9.17, 15) is 19.5 Å². The molecule has 0 bridgehead atoms. The number of ether oxygens (including phenoxy) is 1. The van der Waals surface area contributed by atoms with Crippen LogP contribution in [0, 0.1) is 5.41 Å². The molecule has 2 aromatic carbocycles. The Bertz CT molecular complexity index is 1060. The lowest BCUT2D eigenvalue weighted by Gasteiger charge is -2.29. The van der Waals surface area contributed by atoms with Crippen molar-refractivity contribution in [2.75, 3.05) is 13.2 Å². The maximum atomic E-state index is 13.1. The minimum Gasteiger partial charge on any atom is -0.480 e. The normalized spacial score (nSPS) is 16.6. The number of alkyl carbamates (subject to hydrolysis) is 1. The molecule has 3 N–H and O–H groups in total. The van der Waals surface area contributed by atoms with E-state index >= 15 is 0 Å². The van der Waals surface area contributed by atoms with Gasteiger partial charge in [0.25, 0.3) is 0 Å². The van der Waals surface area contributed by atoms with Crippen LogP contribution in [0.1, 0.15) is 55.6 Å². The van der Waals surface area contributed by atoms with Gasteiger partial charge in [-0.05, 0) is 47.9 Å². The average Bonchev–Trinajstić information content (AvgIpc) is 3.47. The Morgan fingerprint density at radius 1 is 1.06 bits per heavy atom. The van der Waals surface area contributed by atoms with Gasteiger partial charge in [-0.1, -0.05) is 67.4 Å². The van der Waals surface area contributed by atoms with Crippen LogP contribution < -0.4 is 10.6 Å². The molecule has 7 nitrogen and oxygen atoms in total. The minimum absolute atomic E-state index is 0.0434. The van der Waals surface area contributed by atoms with Gasteiger partial charge in [0.15, 0.2) is 0 Å². The molecule has 2 amide bonds. The third kappa shape index (κ3) is 5.24. The molecular formula is C28H32N2O5. The molecule has 0 saturated heterocycles. The maximum absolute atomic E-state index is 13.1. The van der Waals surface area contributed by atoms with Crippen LogP contribution in [0.25, 0.3) is 11.1 Å². The Morgan fingerprint density at radius 2 is 1.66 bits per heavy atom. The van der Waals surface area contributed by atoms with Gasteiger partial charge >= 0.3 is 12.1 Å². The van der Waals surface area contributed by atoms with Crippen molar-refractivity contribution >= 4 is 18.0 Å². The van der Waals surface area contributed by atoms with Crippen molar-refractivity contribution in [2.24, 2.45) is 5.41 Å². The minimum atomic E-state index is -1.07. The van der Waals surface area contributed by atoms with Crippen molar-refractivity contribution in [2.45, 2.75) is 50.5 Å². The third-order valence-electron chi connectivity index (χ3n) is 7.22. The van der Waals surface area contributed by atoms with E-state index in [0.717, 1.165) is 35.1 Å². The van der Waals surface area contributed by atoms with Crippen LogP contribution in [0.15, 0.2) is 61.2 Å². The van der Waals surface area contributed by atoms with E-state index in [0.29, 0.717) is 19.3 Å². The maximum Gasteiger partial charge on any atom is 0.407 e. The molecule has 35 heavy (non-hydrogen) atoms. The van der Waals surface area contributed by atoms with Gasteiger partial charge in [-0.3, -0.25) is 4.79 Å². The second-order valence-corrected chi connectivity index (χ2v) is 9.40. The highest BCUT2D eigenvalue weighted by Gasteiger charge is 2.43. The van der Waals surface area contributed by atoms with Crippen molar-refractivity contribution in [3.63, 3.8) is 0 Å². The molecule has 0 spiro atoms. The molecule has 0 radical (unpaired) electrons. The highest BCUT2D eigenvalue weighted by molar-refractivity contribution is 5.88. The topological polar surface area (TPSA) is 105 Å². The van der Waals surface area contributed by atoms with E-state index in [1.165, 1.54) is 0 Å². The number of benzene rings is 2. The van der Waals surface area contributed by atoms with E-state index in [2.05, 4.69) is 41.5 Å². The number of carbonyl (C=O) groups is 3. The highest BCUT2D eigenvalue weighted by Crippen LogP contribution is 2.44. The summed E-state index contributed by atoms with van der Waals surface area (Å²) in [6.45, 7) is 3.93. The lowest BCUT2D eigenvalue weighted by atomic mass is 9.84. The predicted molar refractivity (Wildman–Crippen MR) is 133 cm³/mol. The molecule has 0 aromatic heterocycles. The van der Waals surface area contributed by atoms with Gasteiger partial charge in [-0.2, -0.15) is 0 Å². The van der Waals surface area contributed by atoms with Crippen LogP contribution >= 0.6 is 0 Å². The summed E-state index contributed by atoms with van der Waals surface area (Å²) < 4.78 is 5.61. The standard InChI is InChI=1S/C28H32N2O5/c1-2-3-14-24(25(31)32)30-26(33)28(15-8-9-16-28)18-29-27(34)35-17-23-21-12-6-4-10-19(21)20-11-5-7-13-22(20)23/h2,4-7,10-13,23-24H,1,3,8-9,14-18H2,(H,29,34)(H,30,33)(H,31,32). The van der Waals surface area contributed by atoms with Crippen LogP contribution in [0.5, 0.6) is 0 Å². The third-order valence-corrected chi connectivity index (χ3v) is 7.22. The van der Waals surface area contributed by atoms with E-state index in [4.69, 9.17) is 4.74 Å². The molecule has 2 aliphatic rings. The van der Waals surface area contributed by atoms with Gasteiger partial charge < -0.3 is 20.5 Å². The zero-order valence-electron chi connectivity index (χ0n) is 19.8. The highest BCUT2D eigenvalue weighted by atomic mass is 16.5. The molecule has 0 heterocycles. The first kappa shape index (κ1) is 24.5. The first-order valence-electron chi connectivity index (χ1n) is 12.2. The molecule has 1 atom stereocenters. The fourth-order valence-corrected chi connectivity index (χ4v) is 5.28. The summed E-state index contributed by atoms with van der Waals surface area (Å²) in [4.78, 5) is 37.3. The van der Waals surface area contributed by atoms with Gasteiger partial charge in [-0.15, -0.1) is 6.58 Å². The monoisotopic (exact) mass is 476 g/mol. The van der Waals surface area contributed by atoms with Gasteiger partial charge in [0.1, 0.15) is 12.6 Å². The van der Waals surface area contributed by atoms with Gasteiger partial charge in [0.05, 0.1) is 5.41 Å². The Hall–Kier alpha value is -3.61. The summed E-state index contributed by atoms with van der Waals surface area (Å²) >= 11 is 0. The number of aliphatic carboxylic acids is 1. The molecule has 0 aliphatic heterocycles. The van der Waals surface area contributed by atoms with Crippen LogP contribution in [0.4, 0.5) is 4.79 Å². The molecule has 1 unspecified atom stereocenters. The number of fused-ring (bicyclic) bond motifs is 3. The summed E-state index contributed by atoms with van der Waals surface area (Å²) in [6.07, 6.45) is 4.71. The van der Waals surface area contributed by atoms with E-state index < -0.39 is 23.5 Å². The van der Waals surface area contributed by atoms with Gasteiger partial charge in [0, 0.05) is 12.5 Å².